The molecule has 2 rings (SSSR count). The van der Waals surface area contributed by atoms with Gasteiger partial charge in [0.2, 0.25) is 9.76 Å². The second-order valence-electron chi connectivity index (χ2n) is 7.34. The van der Waals surface area contributed by atoms with Gasteiger partial charge < -0.3 is 19.8 Å². The SMILES string of the molecule is CC(C)(C)[Si]OC(C)(C)c1cc(N)ccc1N1CCOCC1. The van der Waals surface area contributed by atoms with Crippen LogP contribution in [-0.4, -0.2) is 36.1 Å². The van der Waals surface area contributed by atoms with Gasteiger partial charge in [-0.05, 0) is 37.1 Å². The smallest absolute Gasteiger partial charge is 0.236 e. The Bertz CT molecular complexity index is 506. The van der Waals surface area contributed by atoms with Crippen LogP contribution >= 0.6 is 0 Å². The van der Waals surface area contributed by atoms with Gasteiger partial charge in [0.25, 0.3) is 0 Å². The third kappa shape index (κ3) is 4.48. The third-order valence-corrected chi connectivity index (χ3v) is 4.86. The highest BCUT2D eigenvalue weighted by atomic mass is 28.2. The molecule has 0 aromatic heterocycles. The van der Waals surface area contributed by atoms with Crippen molar-refractivity contribution in [3.05, 3.63) is 23.8 Å². The first kappa shape index (κ1) is 17.3. The molecule has 122 valence electrons. The lowest BCUT2D eigenvalue weighted by atomic mass is 9.95. The molecule has 0 amide bonds. The molecule has 0 saturated carbocycles. The van der Waals surface area contributed by atoms with E-state index in [4.69, 9.17) is 14.9 Å². The Morgan fingerprint density at radius 1 is 1.14 bits per heavy atom. The molecule has 1 fully saturated rings. The number of morpholine rings is 1. The van der Waals surface area contributed by atoms with Crippen LogP contribution in [0.1, 0.15) is 40.2 Å². The van der Waals surface area contributed by atoms with Crippen molar-refractivity contribution in [3.63, 3.8) is 0 Å². The summed E-state index contributed by atoms with van der Waals surface area (Å²) in [5.74, 6) is 0. The van der Waals surface area contributed by atoms with Gasteiger partial charge in [0, 0.05) is 30.0 Å². The summed E-state index contributed by atoms with van der Waals surface area (Å²) in [4.78, 5) is 2.36. The van der Waals surface area contributed by atoms with E-state index in [0.717, 1.165) is 37.6 Å². The van der Waals surface area contributed by atoms with Gasteiger partial charge in [-0.3, -0.25) is 0 Å². The molecule has 1 heterocycles. The van der Waals surface area contributed by atoms with Gasteiger partial charge in [0.05, 0.1) is 18.8 Å². The van der Waals surface area contributed by atoms with Gasteiger partial charge in [-0.1, -0.05) is 20.8 Å². The van der Waals surface area contributed by atoms with Crippen molar-refractivity contribution >= 4 is 21.1 Å². The zero-order valence-corrected chi connectivity index (χ0v) is 15.4. The quantitative estimate of drug-likeness (QED) is 0.684. The average molecular weight is 321 g/mol. The molecular weight excluding hydrogens is 292 g/mol. The molecule has 0 atom stereocenters. The van der Waals surface area contributed by atoms with E-state index < -0.39 is 0 Å². The Kier molecular flexibility index (Phi) is 5.20. The lowest BCUT2D eigenvalue weighted by Gasteiger charge is -2.36. The summed E-state index contributed by atoms with van der Waals surface area (Å²) in [6.45, 7) is 14.2. The Hall–Kier alpha value is -1.04. The lowest BCUT2D eigenvalue weighted by molar-refractivity contribution is 0.107. The van der Waals surface area contributed by atoms with Crippen LogP contribution in [-0.2, 0) is 14.8 Å². The number of anilines is 2. The number of benzene rings is 1. The Morgan fingerprint density at radius 3 is 2.36 bits per heavy atom. The fourth-order valence-corrected chi connectivity index (χ4v) is 3.12. The van der Waals surface area contributed by atoms with Gasteiger partial charge >= 0.3 is 0 Å². The number of nitrogen functional groups attached to an aromatic ring is 1. The van der Waals surface area contributed by atoms with E-state index in [1.165, 1.54) is 5.69 Å². The Labute approximate surface area is 136 Å². The van der Waals surface area contributed by atoms with Crippen molar-refractivity contribution in [2.45, 2.75) is 45.3 Å². The van der Waals surface area contributed by atoms with E-state index in [1.54, 1.807) is 0 Å². The fraction of sp³-hybridized carbons (Fsp3) is 0.647. The zero-order chi connectivity index (χ0) is 16.4. The molecule has 0 spiro atoms. The van der Waals surface area contributed by atoms with Crippen LogP contribution in [0.2, 0.25) is 5.04 Å². The van der Waals surface area contributed by atoms with E-state index in [0.29, 0.717) is 9.76 Å². The van der Waals surface area contributed by atoms with Crippen LogP contribution in [0.25, 0.3) is 0 Å². The van der Waals surface area contributed by atoms with Crippen LogP contribution in [0.3, 0.4) is 0 Å². The molecule has 2 N–H and O–H groups in total. The second-order valence-corrected chi connectivity index (χ2v) is 9.25. The topological polar surface area (TPSA) is 47.7 Å². The fourth-order valence-electron chi connectivity index (χ4n) is 2.45. The van der Waals surface area contributed by atoms with Crippen molar-refractivity contribution in [3.8, 4) is 0 Å². The second kappa shape index (κ2) is 6.60. The minimum Gasteiger partial charge on any atom is -0.408 e. The number of ether oxygens (including phenoxy) is 1. The summed E-state index contributed by atoms with van der Waals surface area (Å²) in [7, 11) is 0.437. The first-order valence-corrected chi connectivity index (χ1v) is 8.78. The maximum atomic E-state index is 6.28. The van der Waals surface area contributed by atoms with Crippen LogP contribution in [0.5, 0.6) is 0 Å². The summed E-state index contributed by atoms with van der Waals surface area (Å²) in [5.41, 5.74) is 8.82. The number of nitrogens with zero attached hydrogens (tertiary/aromatic N) is 1. The summed E-state index contributed by atoms with van der Waals surface area (Å²) >= 11 is 0. The molecule has 4 nitrogen and oxygen atoms in total. The third-order valence-electron chi connectivity index (χ3n) is 3.63. The molecule has 0 unspecified atom stereocenters. The largest absolute Gasteiger partial charge is 0.408 e. The highest BCUT2D eigenvalue weighted by molar-refractivity contribution is 6.31. The van der Waals surface area contributed by atoms with Gasteiger partial charge in [0.15, 0.2) is 0 Å². The Balaban J connectivity index is 2.29. The molecule has 1 aliphatic rings. The molecule has 2 radical (unpaired) electrons. The number of hydrogen-bond donors (Lipinski definition) is 1. The van der Waals surface area contributed by atoms with Crippen molar-refractivity contribution < 1.29 is 9.16 Å². The normalized spacial score (nSPS) is 16.9. The standard InChI is InChI=1S/C17H28N2O2Si/c1-16(2,3)22-21-17(4,5)14-12-13(18)6-7-15(14)19-8-10-20-11-9-19/h6-7,12H,8-11,18H2,1-5H3. The van der Waals surface area contributed by atoms with Crippen LogP contribution in [0.15, 0.2) is 18.2 Å². The Morgan fingerprint density at radius 2 is 1.77 bits per heavy atom. The molecule has 1 saturated heterocycles. The van der Waals surface area contributed by atoms with E-state index in [2.05, 4.69) is 51.7 Å². The van der Waals surface area contributed by atoms with Crippen molar-refractivity contribution in [1.82, 2.24) is 0 Å². The van der Waals surface area contributed by atoms with Crippen LogP contribution in [0.4, 0.5) is 11.4 Å². The minimum atomic E-state index is -0.366. The highest BCUT2D eigenvalue weighted by Crippen LogP contribution is 2.36. The number of hydrogen-bond acceptors (Lipinski definition) is 4. The molecular formula is C17H28N2O2Si. The minimum absolute atomic E-state index is 0.163. The summed E-state index contributed by atoms with van der Waals surface area (Å²) in [6.07, 6.45) is 0. The first-order chi connectivity index (χ1) is 10.2. The molecule has 5 heteroatoms. The molecule has 0 bridgehead atoms. The van der Waals surface area contributed by atoms with Gasteiger partial charge in [-0.15, -0.1) is 0 Å². The molecule has 1 aromatic carbocycles. The molecule has 22 heavy (non-hydrogen) atoms. The maximum Gasteiger partial charge on any atom is 0.236 e. The number of rotatable bonds is 4. The van der Waals surface area contributed by atoms with Crippen LogP contribution < -0.4 is 10.6 Å². The summed E-state index contributed by atoms with van der Waals surface area (Å²) in [6, 6.07) is 6.13. The van der Waals surface area contributed by atoms with Gasteiger partial charge in [-0.2, -0.15) is 0 Å². The zero-order valence-electron chi connectivity index (χ0n) is 14.4. The predicted octanol–water partition coefficient (Wildman–Crippen LogP) is 3.19. The van der Waals surface area contributed by atoms with E-state index >= 15 is 0 Å². The van der Waals surface area contributed by atoms with Gasteiger partial charge in [-0.25, -0.2) is 0 Å². The van der Waals surface area contributed by atoms with Crippen molar-refractivity contribution in [2.24, 2.45) is 0 Å². The summed E-state index contributed by atoms with van der Waals surface area (Å²) in [5, 5.41) is 0.163. The highest BCUT2D eigenvalue weighted by Gasteiger charge is 2.29. The average Bonchev–Trinajstić information content (AvgIpc) is 2.45. The first-order valence-electron chi connectivity index (χ1n) is 7.87. The monoisotopic (exact) mass is 320 g/mol. The lowest BCUT2D eigenvalue weighted by Crippen LogP contribution is -2.38. The molecule has 1 aromatic rings. The van der Waals surface area contributed by atoms with E-state index in [1.807, 2.05) is 6.07 Å². The van der Waals surface area contributed by atoms with Gasteiger partial charge in [0.1, 0.15) is 0 Å². The van der Waals surface area contributed by atoms with E-state index in [9.17, 15) is 0 Å². The predicted molar refractivity (Wildman–Crippen MR) is 93.5 cm³/mol. The summed E-state index contributed by atoms with van der Waals surface area (Å²) < 4.78 is 11.7. The molecule has 1 aliphatic heterocycles. The maximum absolute atomic E-state index is 6.28. The van der Waals surface area contributed by atoms with Crippen molar-refractivity contribution in [2.75, 3.05) is 36.9 Å². The number of nitrogens with two attached hydrogens (primary N) is 1. The van der Waals surface area contributed by atoms with Crippen LogP contribution in [0, 0.1) is 0 Å². The van der Waals surface area contributed by atoms with Crippen molar-refractivity contribution in [1.29, 1.82) is 0 Å². The molecule has 0 aliphatic carbocycles. The van der Waals surface area contributed by atoms with E-state index in [-0.39, 0.29) is 10.6 Å².